The number of phenols is 1. The molecule has 9 N–H and O–H groups in total. The summed E-state index contributed by atoms with van der Waals surface area (Å²) in [5.74, 6) is 0.234. The molecule has 0 aliphatic carbocycles. The lowest BCUT2D eigenvalue weighted by Crippen LogP contribution is -2.53. The Morgan fingerprint density at radius 1 is 0.875 bits per heavy atom. The van der Waals surface area contributed by atoms with E-state index < -0.39 is 18.1 Å². The Morgan fingerprint density at radius 3 is 2.08 bits per heavy atom. The predicted octanol–water partition coefficient (Wildman–Crippen LogP) is 1.02. The number of carbonyl (C=O) groups is 1. The van der Waals surface area contributed by atoms with Gasteiger partial charge in [-0.15, -0.1) is 0 Å². The van der Waals surface area contributed by atoms with E-state index in [1.54, 1.807) is 41.3 Å². The number of piperidine rings is 2. The largest absolute Gasteiger partial charge is 0.506 e. The maximum Gasteiger partial charge on any atom is 0.255 e. The van der Waals surface area contributed by atoms with E-state index in [4.69, 9.17) is 23.1 Å². The van der Waals surface area contributed by atoms with Gasteiger partial charge in [-0.25, -0.2) is 0 Å². The molecule has 0 unspecified atom stereocenters. The number of nitrogens with two attached hydrogens (primary N) is 2. The first-order valence-corrected chi connectivity index (χ1v) is 13.3. The smallest absolute Gasteiger partial charge is 0.255 e. The molecule has 2 aromatic carbocycles. The van der Waals surface area contributed by atoms with Gasteiger partial charge in [0.2, 0.25) is 17.8 Å². The number of hydrogen-bond donors (Lipinski definition) is 7. The second-order valence-corrected chi connectivity index (χ2v) is 10.6. The number of anilines is 5. The summed E-state index contributed by atoms with van der Waals surface area (Å²) >= 11 is 5.89. The van der Waals surface area contributed by atoms with Crippen LogP contribution >= 0.6 is 11.6 Å². The predicted molar refractivity (Wildman–Crippen MR) is 152 cm³/mol. The minimum Gasteiger partial charge on any atom is -0.506 e. The molecule has 4 atom stereocenters. The van der Waals surface area contributed by atoms with Crippen molar-refractivity contribution < 1.29 is 20.1 Å². The molecule has 2 aliphatic rings. The van der Waals surface area contributed by atoms with Gasteiger partial charge in [-0.2, -0.15) is 15.0 Å². The zero-order chi connectivity index (χ0) is 28.4. The van der Waals surface area contributed by atoms with Gasteiger partial charge in [0.15, 0.2) is 0 Å². The van der Waals surface area contributed by atoms with E-state index in [1.807, 2.05) is 4.90 Å². The number of aliphatic hydroxyl groups is 2. The number of amides is 1. The van der Waals surface area contributed by atoms with Crippen LogP contribution in [0, 0.1) is 0 Å². The number of nitrogens with zero attached hydrogens (tertiary/aromatic N) is 5. The first kappa shape index (κ1) is 27.8. The number of β-amino-alcohol motifs (C(OH)–C–C–N with tert-alkyl or cyclic N) is 2. The topological polar surface area (TPSA) is 199 Å². The summed E-state index contributed by atoms with van der Waals surface area (Å²) in [6.45, 7) is 1.51. The molecule has 14 heteroatoms. The third kappa shape index (κ3) is 6.69. The number of aromatic hydroxyl groups is 1. The highest BCUT2D eigenvalue weighted by atomic mass is 35.5. The van der Waals surface area contributed by atoms with Gasteiger partial charge < -0.3 is 47.2 Å². The molecular formula is C26H32ClN9O4. The minimum absolute atomic E-state index is 0.147. The quantitative estimate of drug-likeness (QED) is 0.208. The fourth-order valence-electron chi connectivity index (χ4n) is 4.88. The Bertz CT molecular complexity index is 1300. The number of hydrogen-bond acceptors (Lipinski definition) is 12. The second kappa shape index (κ2) is 11.8. The molecule has 1 amide bonds. The van der Waals surface area contributed by atoms with Crippen LogP contribution in [-0.4, -0.2) is 86.6 Å². The van der Waals surface area contributed by atoms with Gasteiger partial charge in [-0.05, 0) is 42.8 Å². The second-order valence-electron chi connectivity index (χ2n) is 10.2. The number of halogens is 1. The van der Waals surface area contributed by atoms with Crippen LogP contribution in [0.3, 0.4) is 0 Å². The fourth-order valence-corrected chi connectivity index (χ4v) is 5.01. The van der Waals surface area contributed by atoms with Crippen molar-refractivity contribution in [3.63, 3.8) is 0 Å². The van der Waals surface area contributed by atoms with Gasteiger partial charge >= 0.3 is 0 Å². The lowest BCUT2D eigenvalue weighted by molar-refractivity contribution is 0.0645. The van der Waals surface area contributed by atoms with E-state index in [1.165, 1.54) is 6.07 Å². The highest BCUT2D eigenvalue weighted by Crippen LogP contribution is 2.30. The summed E-state index contributed by atoms with van der Waals surface area (Å²) in [6, 6.07) is 10.7. The summed E-state index contributed by atoms with van der Waals surface area (Å²) in [7, 11) is 0. The Hall–Kier alpha value is -3.75. The zero-order valence-electron chi connectivity index (χ0n) is 21.6. The molecule has 0 spiro atoms. The van der Waals surface area contributed by atoms with Crippen molar-refractivity contribution in [2.24, 2.45) is 11.5 Å². The molecule has 0 saturated carbocycles. The van der Waals surface area contributed by atoms with Crippen molar-refractivity contribution in [2.45, 2.75) is 37.1 Å². The van der Waals surface area contributed by atoms with Gasteiger partial charge in [0, 0.05) is 67.0 Å². The van der Waals surface area contributed by atoms with Crippen LogP contribution in [0.2, 0.25) is 5.02 Å². The monoisotopic (exact) mass is 569 g/mol. The van der Waals surface area contributed by atoms with Crippen LogP contribution in [0.25, 0.3) is 0 Å². The van der Waals surface area contributed by atoms with E-state index in [-0.39, 0.29) is 54.9 Å². The van der Waals surface area contributed by atoms with Crippen LogP contribution in [-0.2, 0) is 0 Å². The Labute approximate surface area is 235 Å². The van der Waals surface area contributed by atoms with Gasteiger partial charge in [0.05, 0.1) is 17.9 Å². The summed E-state index contributed by atoms with van der Waals surface area (Å²) in [4.78, 5) is 29.8. The highest BCUT2D eigenvalue weighted by molar-refractivity contribution is 6.30. The number of carbonyl (C=O) groups excluding carboxylic acids is 1. The third-order valence-electron chi connectivity index (χ3n) is 6.71. The van der Waals surface area contributed by atoms with Gasteiger partial charge in [-0.3, -0.25) is 4.79 Å². The third-order valence-corrected chi connectivity index (χ3v) is 6.96. The van der Waals surface area contributed by atoms with Gasteiger partial charge in [-0.1, -0.05) is 11.6 Å². The van der Waals surface area contributed by atoms with Crippen LogP contribution in [0.4, 0.5) is 29.2 Å². The van der Waals surface area contributed by atoms with E-state index in [0.29, 0.717) is 41.7 Å². The molecule has 40 heavy (non-hydrogen) atoms. The summed E-state index contributed by atoms with van der Waals surface area (Å²) < 4.78 is 0. The van der Waals surface area contributed by atoms with Crippen molar-refractivity contribution in [3.8, 4) is 5.75 Å². The minimum atomic E-state index is -0.732. The van der Waals surface area contributed by atoms with E-state index in [9.17, 15) is 20.1 Å². The zero-order valence-corrected chi connectivity index (χ0v) is 22.4. The summed E-state index contributed by atoms with van der Waals surface area (Å²) in [5, 5.41) is 37.3. The molecule has 212 valence electrons. The van der Waals surface area contributed by atoms with Crippen molar-refractivity contribution in [3.05, 3.63) is 53.1 Å². The number of nitrogens with one attached hydrogen (secondary N) is 2. The summed E-state index contributed by atoms with van der Waals surface area (Å²) in [6.07, 6.45) is -0.505. The van der Waals surface area contributed by atoms with Crippen LogP contribution in [0.1, 0.15) is 23.2 Å². The first-order chi connectivity index (χ1) is 19.1. The molecule has 3 heterocycles. The SMILES string of the molecule is N[C@@H]1C[C@H](N)CN(c2nc(Nc3ccc(NC(=O)c4ccc(Cl)cc4)c(O)c3)nc(N3C[C@H](O)C[C@H](O)C3)n2)C1. The molecule has 0 radical (unpaired) electrons. The average molecular weight is 570 g/mol. The van der Waals surface area contributed by atoms with Gasteiger partial charge in [0.25, 0.3) is 5.91 Å². The van der Waals surface area contributed by atoms with Crippen molar-refractivity contribution in [2.75, 3.05) is 46.6 Å². The van der Waals surface area contributed by atoms with E-state index in [2.05, 4.69) is 25.6 Å². The molecule has 0 bridgehead atoms. The van der Waals surface area contributed by atoms with Crippen molar-refractivity contribution in [1.29, 1.82) is 0 Å². The highest BCUT2D eigenvalue weighted by Gasteiger charge is 2.29. The molecule has 2 aliphatic heterocycles. The summed E-state index contributed by atoms with van der Waals surface area (Å²) in [5.41, 5.74) is 13.4. The molecule has 5 rings (SSSR count). The number of benzene rings is 2. The number of rotatable bonds is 6. The molecule has 2 saturated heterocycles. The van der Waals surface area contributed by atoms with E-state index >= 15 is 0 Å². The number of aromatic nitrogens is 3. The lowest BCUT2D eigenvalue weighted by Gasteiger charge is -2.36. The first-order valence-electron chi connectivity index (χ1n) is 12.9. The average Bonchev–Trinajstić information content (AvgIpc) is 2.89. The van der Waals surface area contributed by atoms with Crippen LogP contribution in [0.15, 0.2) is 42.5 Å². The normalized spacial score (nSPS) is 23.1. The maximum absolute atomic E-state index is 12.6. The maximum atomic E-state index is 12.6. The Morgan fingerprint density at radius 2 is 1.48 bits per heavy atom. The Balaban J connectivity index is 1.39. The lowest BCUT2D eigenvalue weighted by atomic mass is 10.0. The fraction of sp³-hybridized carbons (Fsp3) is 0.385. The van der Waals surface area contributed by atoms with Crippen molar-refractivity contribution >= 4 is 46.7 Å². The molecule has 1 aromatic heterocycles. The molecule has 3 aromatic rings. The van der Waals surface area contributed by atoms with Crippen LogP contribution in [0.5, 0.6) is 5.75 Å². The molecular weight excluding hydrogens is 538 g/mol. The number of aliphatic hydroxyl groups excluding tert-OH is 2. The van der Waals surface area contributed by atoms with Gasteiger partial charge in [0.1, 0.15) is 5.75 Å². The number of phenolic OH excluding ortho intramolecular Hbond substituents is 1. The van der Waals surface area contributed by atoms with Crippen molar-refractivity contribution in [1.82, 2.24) is 15.0 Å². The Kier molecular flexibility index (Phi) is 8.19. The molecule has 13 nitrogen and oxygen atoms in total. The van der Waals surface area contributed by atoms with Crippen LogP contribution < -0.4 is 31.9 Å². The standard InChI is InChI=1S/C26H32ClN9O4/c27-15-3-1-14(2-4-15)23(40)31-21-6-5-18(8-22(21)39)30-24-32-25(35-10-16(28)7-17(29)11-35)34-26(33-24)36-12-19(37)9-20(38)13-36/h1-6,8,16-17,19-20,37-39H,7,9-13,28-29H2,(H,31,40)(H,30,32,33,34)/t16-,17+,19-,20+. The van der Waals surface area contributed by atoms with E-state index in [0.717, 1.165) is 0 Å². The molecule has 2 fully saturated rings.